The lowest BCUT2D eigenvalue weighted by atomic mass is 10.1. The smallest absolute Gasteiger partial charge is 0.258 e. The average Bonchev–Trinajstić information content (AvgIpc) is 3.53. The Morgan fingerprint density at radius 3 is 2.77 bits per heavy atom. The molecule has 30 heavy (non-hydrogen) atoms. The lowest BCUT2D eigenvalue weighted by Crippen LogP contribution is -2.31. The fraction of sp³-hybridized carbons (Fsp3) is 0.348. The molecule has 2 heterocycles. The molecule has 1 amide bonds. The Morgan fingerprint density at radius 2 is 2.03 bits per heavy atom. The van der Waals surface area contributed by atoms with Crippen molar-refractivity contribution in [3.05, 3.63) is 60.7 Å². The summed E-state index contributed by atoms with van der Waals surface area (Å²) in [5.74, 6) is 1.09. The molecule has 0 bridgehead atoms. The molecule has 7 nitrogen and oxygen atoms in total. The van der Waals surface area contributed by atoms with Crippen LogP contribution in [0.3, 0.4) is 0 Å². The molecule has 1 aliphatic carbocycles. The third kappa shape index (κ3) is 4.97. The minimum atomic E-state index is -0.144. The first-order valence-corrected chi connectivity index (χ1v) is 10.2. The maximum Gasteiger partial charge on any atom is 0.258 e. The number of carbonyl (C=O) groups excluding carboxylic acids is 1. The summed E-state index contributed by atoms with van der Waals surface area (Å²) in [6.07, 6.45) is 8.06. The zero-order chi connectivity index (χ0) is 20.9. The van der Waals surface area contributed by atoms with Crippen molar-refractivity contribution in [3.8, 4) is 16.9 Å². The molecule has 0 atom stereocenters. The highest BCUT2D eigenvalue weighted by atomic mass is 16.5. The zero-order valence-electron chi connectivity index (χ0n) is 17.4. The summed E-state index contributed by atoms with van der Waals surface area (Å²) in [6, 6.07) is 11.7. The van der Waals surface area contributed by atoms with E-state index in [0.717, 1.165) is 22.5 Å². The third-order valence-corrected chi connectivity index (χ3v) is 5.11. The van der Waals surface area contributed by atoms with Gasteiger partial charge in [-0.1, -0.05) is 6.07 Å². The standard InChI is InChI=1S/C23H27N5O2/c1-27(2)19-4-3-5-20(14-19)30-16-22(29)25-12-13-28-15-21(17-8-10-24-11-9-17)23(26-28)18-6-7-18/h3-5,8-11,14-15,18H,6-7,12-13,16H2,1-2H3,(H,25,29). The van der Waals surface area contributed by atoms with Crippen molar-refractivity contribution in [2.24, 2.45) is 0 Å². The van der Waals surface area contributed by atoms with Gasteiger partial charge in [-0.15, -0.1) is 0 Å². The number of benzene rings is 1. The SMILES string of the molecule is CN(C)c1cccc(OCC(=O)NCCn2cc(-c3ccncc3)c(C3CC3)n2)c1. The number of hydrogen-bond acceptors (Lipinski definition) is 5. The molecule has 1 aliphatic rings. The van der Waals surface area contributed by atoms with E-state index < -0.39 is 0 Å². The summed E-state index contributed by atoms with van der Waals surface area (Å²) in [5.41, 5.74) is 4.48. The van der Waals surface area contributed by atoms with E-state index in [0.29, 0.717) is 24.8 Å². The van der Waals surface area contributed by atoms with Gasteiger partial charge in [0.25, 0.3) is 5.91 Å². The molecular weight excluding hydrogens is 378 g/mol. The number of anilines is 1. The van der Waals surface area contributed by atoms with Crippen LogP contribution >= 0.6 is 0 Å². The van der Waals surface area contributed by atoms with Gasteiger partial charge in [0.2, 0.25) is 0 Å². The normalized spacial score (nSPS) is 13.1. The molecule has 0 unspecified atom stereocenters. The van der Waals surface area contributed by atoms with Gasteiger partial charge in [-0.05, 0) is 42.7 Å². The molecule has 7 heteroatoms. The van der Waals surface area contributed by atoms with E-state index in [9.17, 15) is 4.79 Å². The summed E-state index contributed by atoms with van der Waals surface area (Å²) in [4.78, 5) is 18.2. The van der Waals surface area contributed by atoms with E-state index in [1.807, 2.05) is 60.1 Å². The molecular formula is C23H27N5O2. The molecule has 0 aliphatic heterocycles. The molecule has 1 saturated carbocycles. The van der Waals surface area contributed by atoms with Crippen molar-refractivity contribution in [2.45, 2.75) is 25.3 Å². The number of amides is 1. The second-order valence-corrected chi connectivity index (χ2v) is 7.73. The first-order valence-electron chi connectivity index (χ1n) is 10.2. The van der Waals surface area contributed by atoms with E-state index in [1.54, 1.807) is 12.4 Å². The quantitative estimate of drug-likeness (QED) is 0.592. The predicted molar refractivity (Wildman–Crippen MR) is 117 cm³/mol. The molecule has 1 aromatic carbocycles. The maximum absolute atomic E-state index is 12.2. The van der Waals surface area contributed by atoms with Crippen molar-refractivity contribution < 1.29 is 9.53 Å². The molecule has 2 aromatic heterocycles. The van der Waals surface area contributed by atoms with Gasteiger partial charge in [0.05, 0.1) is 12.2 Å². The van der Waals surface area contributed by atoms with E-state index >= 15 is 0 Å². The van der Waals surface area contributed by atoms with Gasteiger partial charge in [0.1, 0.15) is 5.75 Å². The lowest BCUT2D eigenvalue weighted by molar-refractivity contribution is -0.123. The Bertz CT molecular complexity index is 996. The minimum Gasteiger partial charge on any atom is -0.484 e. The summed E-state index contributed by atoms with van der Waals surface area (Å²) < 4.78 is 7.54. The number of hydrogen-bond donors (Lipinski definition) is 1. The van der Waals surface area contributed by atoms with Crippen LogP contribution in [-0.2, 0) is 11.3 Å². The molecule has 0 radical (unpaired) electrons. The van der Waals surface area contributed by atoms with Crippen LogP contribution in [0.25, 0.3) is 11.1 Å². The number of aromatic nitrogens is 3. The average molecular weight is 406 g/mol. The van der Waals surface area contributed by atoms with Crippen LogP contribution in [0.1, 0.15) is 24.5 Å². The second kappa shape index (κ2) is 8.98. The van der Waals surface area contributed by atoms with E-state index in [-0.39, 0.29) is 12.5 Å². The van der Waals surface area contributed by atoms with Crippen LogP contribution in [0.4, 0.5) is 5.69 Å². The van der Waals surface area contributed by atoms with Crippen LogP contribution in [0, 0.1) is 0 Å². The largest absolute Gasteiger partial charge is 0.484 e. The molecule has 3 aromatic rings. The lowest BCUT2D eigenvalue weighted by Gasteiger charge is -2.14. The van der Waals surface area contributed by atoms with E-state index in [1.165, 1.54) is 12.8 Å². The summed E-state index contributed by atoms with van der Waals surface area (Å²) >= 11 is 0. The fourth-order valence-corrected chi connectivity index (χ4v) is 3.32. The van der Waals surface area contributed by atoms with Crippen molar-refractivity contribution in [1.29, 1.82) is 0 Å². The van der Waals surface area contributed by atoms with E-state index in [2.05, 4.69) is 16.5 Å². The predicted octanol–water partition coefficient (Wildman–Crippen LogP) is 3.08. The molecule has 1 fully saturated rings. The van der Waals surface area contributed by atoms with Crippen molar-refractivity contribution >= 4 is 11.6 Å². The zero-order valence-corrected chi connectivity index (χ0v) is 17.4. The number of pyridine rings is 1. The summed E-state index contributed by atoms with van der Waals surface area (Å²) in [6.45, 7) is 1.11. The molecule has 0 spiro atoms. The highest BCUT2D eigenvalue weighted by molar-refractivity contribution is 5.77. The van der Waals surface area contributed by atoms with E-state index in [4.69, 9.17) is 9.84 Å². The Kier molecular flexibility index (Phi) is 5.97. The topological polar surface area (TPSA) is 72.3 Å². The first-order chi connectivity index (χ1) is 14.6. The summed E-state index contributed by atoms with van der Waals surface area (Å²) in [5, 5.41) is 7.68. The number of nitrogens with zero attached hydrogens (tertiary/aromatic N) is 4. The maximum atomic E-state index is 12.2. The van der Waals surface area contributed by atoms with Crippen LogP contribution in [0.5, 0.6) is 5.75 Å². The van der Waals surface area contributed by atoms with Crippen LogP contribution < -0.4 is 15.0 Å². The highest BCUT2D eigenvalue weighted by Gasteiger charge is 2.29. The van der Waals surface area contributed by atoms with Crippen molar-refractivity contribution in [2.75, 3.05) is 32.1 Å². The second-order valence-electron chi connectivity index (χ2n) is 7.73. The van der Waals surface area contributed by atoms with Crippen LogP contribution in [-0.4, -0.2) is 47.9 Å². The third-order valence-electron chi connectivity index (χ3n) is 5.11. The monoisotopic (exact) mass is 405 g/mol. The Balaban J connectivity index is 1.29. The highest BCUT2D eigenvalue weighted by Crippen LogP contribution is 2.43. The molecule has 0 saturated heterocycles. The van der Waals surface area contributed by atoms with Gasteiger partial charge in [0.15, 0.2) is 6.61 Å². The van der Waals surface area contributed by atoms with Gasteiger partial charge in [-0.2, -0.15) is 5.10 Å². The van der Waals surface area contributed by atoms with Crippen LogP contribution in [0.2, 0.25) is 0 Å². The minimum absolute atomic E-state index is 0.00835. The van der Waals surface area contributed by atoms with Crippen LogP contribution in [0.15, 0.2) is 55.0 Å². The fourth-order valence-electron chi connectivity index (χ4n) is 3.32. The number of ether oxygens (including phenoxy) is 1. The Labute approximate surface area is 176 Å². The Hall–Kier alpha value is -3.35. The van der Waals surface area contributed by atoms with Gasteiger partial charge in [-0.25, -0.2) is 0 Å². The number of rotatable bonds is 9. The van der Waals surface area contributed by atoms with Crippen molar-refractivity contribution in [1.82, 2.24) is 20.1 Å². The molecule has 4 rings (SSSR count). The molecule has 156 valence electrons. The van der Waals surface area contributed by atoms with Crippen molar-refractivity contribution in [3.63, 3.8) is 0 Å². The van der Waals surface area contributed by atoms with Gasteiger partial charge < -0.3 is 15.0 Å². The van der Waals surface area contributed by atoms with Gasteiger partial charge in [0, 0.05) is 62.5 Å². The van der Waals surface area contributed by atoms with Gasteiger partial charge in [-0.3, -0.25) is 14.5 Å². The van der Waals surface area contributed by atoms with Gasteiger partial charge >= 0.3 is 0 Å². The first kappa shape index (κ1) is 19.9. The molecule has 1 N–H and O–H groups in total. The Morgan fingerprint density at radius 1 is 1.23 bits per heavy atom. The number of nitrogens with one attached hydrogen (secondary N) is 1. The number of carbonyl (C=O) groups is 1. The summed E-state index contributed by atoms with van der Waals surface area (Å²) in [7, 11) is 3.94.